The van der Waals surface area contributed by atoms with Gasteiger partial charge in [-0.15, -0.1) is 0 Å². The average Bonchev–Trinajstić information content (AvgIpc) is 2.63. The van der Waals surface area contributed by atoms with Gasteiger partial charge in [-0.05, 0) is 68.7 Å². The van der Waals surface area contributed by atoms with Crippen molar-refractivity contribution in [3.05, 3.63) is 24.3 Å². The van der Waals surface area contributed by atoms with E-state index >= 15 is 0 Å². The average molecular weight is 329 g/mol. The molecule has 4 nitrogen and oxygen atoms in total. The van der Waals surface area contributed by atoms with E-state index < -0.39 is 0 Å². The largest absolute Gasteiger partial charge is 0.372 e. The summed E-state index contributed by atoms with van der Waals surface area (Å²) in [7, 11) is 0. The Morgan fingerprint density at radius 1 is 1.08 bits per heavy atom. The summed E-state index contributed by atoms with van der Waals surface area (Å²) in [5.74, 6) is 0.843. The molecule has 1 N–H and O–H groups in total. The predicted molar refractivity (Wildman–Crippen MR) is 101 cm³/mol. The minimum atomic E-state index is 0.0566. The van der Waals surface area contributed by atoms with Crippen molar-refractivity contribution >= 4 is 17.4 Å². The number of amides is 2. The molecule has 0 aliphatic carbocycles. The number of likely N-dealkylation sites (tertiary alicyclic amines) is 1. The van der Waals surface area contributed by atoms with Crippen LogP contribution in [0.25, 0.3) is 0 Å². The number of benzene rings is 1. The van der Waals surface area contributed by atoms with E-state index in [0.29, 0.717) is 6.04 Å². The van der Waals surface area contributed by atoms with Crippen molar-refractivity contribution in [2.24, 2.45) is 5.92 Å². The van der Waals surface area contributed by atoms with Crippen LogP contribution in [0, 0.1) is 5.92 Å². The highest BCUT2D eigenvalue weighted by Crippen LogP contribution is 2.25. The SMILES string of the molecule is CCC1CCCCN1C(=O)Nc1ccc(N2CCC(C)CC2)cc1. The van der Waals surface area contributed by atoms with Gasteiger partial charge in [0.05, 0.1) is 0 Å². The molecule has 0 saturated carbocycles. The van der Waals surface area contributed by atoms with Gasteiger partial charge in [0.15, 0.2) is 0 Å². The normalized spacial score (nSPS) is 22.5. The van der Waals surface area contributed by atoms with Crippen LogP contribution in [-0.4, -0.2) is 36.6 Å². The van der Waals surface area contributed by atoms with Crippen LogP contribution in [0.4, 0.5) is 16.2 Å². The second-order valence-electron chi connectivity index (χ2n) is 7.40. The lowest BCUT2D eigenvalue weighted by atomic mass is 9.99. The topological polar surface area (TPSA) is 35.6 Å². The van der Waals surface area contributed by atoms with E-state index in [9.17, 15) is 4.79 Å². The minimum Gasteiger partial charge on any atom is -0.372 e. The van der Waals surface area contributed by atoms with E-state index in [1.807, 2.05) is 17.0 Å². The quantitative estimate of drug-likeness (QED) is 0.871. The fourth-order valence-corrected chi connectivity index (χ4v) is 3.91. The smallest absolute Gasteiger partial charge is 0.322 e. The number of rotatable bonds is 3. The van der Waals surface area contributed by atoms with Crippen molar-refractivity contribution in [1.82, 2.24) is 4.90 Å². The molecule has 2 aliphatic heterocycles. The van der Waals surface area contributed by atoms with Crippen molar-refractivity contribution in [3.63, 3.8) is 0 Å². The summed E-state index contributed by atoms with van der Waals surface area (Å²) in [5, 5.41) is 3.08. The molecule has 2 fully saturated rings. The molecule has 4 heteroatoms. The summed E-state index contributed by atoms with van der Waals surface area (Å²) in [4.78, 5) is 17.0. The summed E-state index contributed by atoms with van der Waals surface area (Å²) >= 11 is 0. The number of carbonyl (C=O) groups is 1. The number of urea groups is 1. The van der Waals surface area contributed by atoms with E-state index in [1.54, 1.807) is 0 Å². The predicted octanol–water partition coefficient (Wildman–Crippen LogP) is 4.72. The first kappa shape index (κ1) is 17.1. The van der Waals surface area contributed by atoms with Crippen LogP contribution < -0.4 is 10.2 Å². The summed E-state index contributed by atoms with van der Waals surface area (Å²) in [6, 6.07) is 8.80. The molecule has 1 atom stereocenters. The third-order valence-electron chi connectivity index (χ3n) is 5.63. The summed E-state index contributed by atoms with van der Waals surface area (Å²) in [6.45, 7) is 7.66. The molecule has 1 aromatic carbocycles. The van der Waals surface area contributed by atoms with E-state index in [0.717, 1.165) is 50.5 Å². The van der Waals surface area contributed by atoms with Crippen molar-refractivity contribution in [2.45, 2.75) is 58.4 Å². The highest BCUT2D eigenvalue weighted by molar-refractivity contribution is 5.89. The van der Waals surface area contributed by atoms with Gasteiger partial charge in [0.25, 0.3) is 0 Å². The van der Waals surface area contributed by atoms with Crippen LogP contribution in [0.1, 0.15) is 52.4 Å². The Bertz CT molecular complexity index is 534. The minimum absolute atomic E-state index is 0.0566. The van der Waals surface area contributed by atoms with Gasteiger partial charge in [-0.25, -0.2) is 4.79 Å². The van der Waals surface area contributed by atoms with Crippen molar-refractivity contribution in [2.75, 3.05) is 29.9 Å². The van der Waals surface area contributed by atoms with Crippen LogP contribution in [0.3, 0.4) is 0 Å². The van der Waals surface area contributed by atoms with Gasteiger partial charge in [0.1, 0.15) is 0 Å². The number of anilines is 2. The maximum absolute atomic E-state index is 12.6. The Balaban J connectivity index is 1.58. The van der Waals surface area contributed by atoms with Crippen LogP contribution in [0.5, 0.6) is 0 Å². The summed E-state index contributed by atoms with van der Waals surface area (Å²) < 4.78 is 0. The molecular weight excluding hydrogens is 298 g/mol. The van der Waals surface area contributed by atoms with E-state index in [2.05, 4.69) is 36.2 Å². The van der Waals surface area contributed by atoms with Crippen LogP contribution in [-0.2, 0) is 0 Å². The summed E-state index contributed by atoms with van der Waals surface area (Å²) in [5.41, 5.74) is 2.17. The second kappa shape index (κ2) is 7.91. The first-order chi connectivity index (χ1) is 11.7. The number of hydrogen-bond donors (Lipinski definition) is 1. The molecule has 2 amide bonds. The maximum Gasteiger partial charge on any atom is 0.322 e. The highest BCUT2D eigenvalue weighted by atomic mass is 16.2. The molecule has 24 heavy (non-hydrogen) atoms. The van der Waals surface area contributed by atoms with Gasteiger partial charge in [0.2, 0.25) is 0 Å². The molecular formula is C20H31N3O. The van der Waals surface area contributed by atoms with Crippen molar-refractivity contribution < 1.29 is 4.79 Å². The van der Waals surface area contributed by atoms with Gasteiger partial charge in [0, 0.05) is 37.1 Å². The van der Waals surface area contributed by atoms with E-state index in [-0.39, 0.29) is 6.03 Å². The highest BCUT2D eigenvalue weighted by Gasteiger charge is 2.25. The molecule has 1 aromatic rings. The Morgan fingerprint density at radius 2 is 1.79 bits per heavy atom. The molecule has 3 rings (SSSR count). The van der Waals surface area contributed by atoms with Crippen LogP contribution in [0.15, 0.2) is 24.3 Å². The molecule has 2 aliphatic rings. The number of piperidine rings is 2. The fraction of sp³-hybridized carbons (Fsp3) is 0.650. The molecule has 0 bridgehead atoms. The van der Waals surface area contributed by atoms with Gasteiger partial charge >= 0.3 is 6.03 Å². The standard InChI is InChI=1S/C20H31N3O/c1-3-18-6-4-5-13-23(18)20(24)21-17-7-9-19(10-8-17)22-14-11-16(2)12-15-22/h7-10,16,18H,3-6,11-15H2,1-2H3,(H,21,24). The van der Waals surface area contributed by atoms with Gasteiger partial charge in [-0.2, -0.15) is 0 Å². The molecule has 132 valence electrons. The van der Waals surface area contributed by atoms with E-state index in [1.165, 1.54) is 24.9 Å². The lowest BCUT2D eigenvalue weighted by molar-refractivity contribution is 0.160. The molecule has 0 spiro atoms. The molecule has 1 unspecified atom stereocenters. The first-order valence-corrected chi connectivity index (χ1v) is 9.60. The van der Waals surface area contributed by atoms with Crippen molar-refractivity contribution in [3.8, 4) is 0 Å². The monoisotopic (exact) mass is 329 g/mol. The zero-order valence-corrected chi connectivity index (χ0v) is 15.1. The first-order valence-electron chi connectivity index (χ1n) is 9.60. The number of nitrogens with zero attached hydrogens (tertiary/aromatic N) is 2. The lowest BCUT2D eigenvalue weighted by Crippen LogP contribution is -2.45. The molecule has 0 radical (unpaired) electrons. The number of nitrogens with one attached hydrogen (secondary N) is 1. The number of carbonyl (C=O) groups excluding carboxylic acids is 1. The zero-order valence-electron chi connectivity index (χ0n) is 15.1. The van der Waals surface area contributed by atoms with Gasteiger partial charge in [-0.3, -0.25) is 0 Å². The third-order valence-corrected chi connectivity index (χ3v) is 5.63. The number of hydrogen-bond acceptors (Lipinski definition) is 2. The molecule has 2 saturated heterocycles. The van der Waals surface area contributed by atoms with Crippen molar-refractivity contribution in [1.29, 1.82) is 0 Å². The maximum atomic E-state index is 12.6. The van der Waals surface area contributed by atoms with E-state index in [4.69, 9.17) is 0 Å². The lowest BCUT2D eigenvalue weighted by Gasteiger charge is -2.35. The van der Waals surface area contributed by atoms with Gasteiger partial charge < -0.3 is 15.1 Å². The third kappa shape index (κ3) is 4.03. The van der Waals surface area contributed by atoms with Crippen LogP contribution >= 0.6 is 0 Å². The van der Waals surface area contributed by atoms with Gasteiger partial charge in [-0.1, -0.05) is 13.8 Å². The Labute approximate surface area is 146 Å². The fourth-order valence-electron chi connectivity index (χ4n) is 3.91. The Hall–Kier alpha value is -1.71. The van der Waals surface area contributed by atoms with Crippen LogP contribution in [0.2, 0.25) is 0 Å². The Morgan fingerprint density at radius 3 is 2.46 bits per heavy atom. The summed E-state index contributed by atoms with van der Waals surface area (Å²) in [6.07, 6.45) is 7.08. The zero-order chi connectivity index (χ0) is 16.9. The molecule has 2 heterocycles. The second-order valence-corrected chi connectivity index (χ2v) is 7.40. The Kier molecular flexibility index (Phi) is 5.64. The molecule has 0 aromatic heterocycles.